The summed E-state index contributed by atoms with van der Waals surface area (Å²) in [6, 6.07) is 14.6. The zero-order valence-corrected chi connectivity index (χ0v) is 16.7. The van der Waals surface area contributed by atoms with E-state index in [-0.39, 0.29) is 12.4 Å². The summed E-state index contributed by atoms with van der Waals surface area (Å²) in [5, 5.41) is 16.3. The maximum absolute atomic E-state index is 12.4. The number of carbonyl (C=O) groups is 1. The van der Waals surface area contributed by atoms with Gasteiger partial charge in [0.15, 0.2) is 11.5 Å². The van der Waals surface area contributed by atoms with E-state index in [0.29, 0.717) is 26.6 Å². The maximum atomic E-state index is 12.4. The second kappa shape index (κ2) is 7.69. The average molecular weight is 462 g/mol. The fourth-order valence-corrected chi connectivity index (χ4v) is 3.64. The molecule has 1 heterocycles. The van der Waals surface area contributed by atoms with Crippen LogP contribution in [0.15, 0.2) is 58.1 Å². The SMILES string of the molecule is O=C(N/N=C\c1cc(Cl)cc(Br)c1O)C1COc2cc3ccccc3cc2O1. The molecule has 6 nitrogen and oxygen atoms in total. The predicted octanol–water partition coefficient (Wildman–Crippen LogP) is 4.25. The van der Waals surface area contributed by atoms with Crippen LogP contribution in [0, 0.1) is 0 Å². The van der Waals surface area contributed by atoms with Gasteiger partial charge in [0.05, 0.1) is 10.7 Å². The van der Waals surface area contributed by atoms with Gasteiger partial charge < -0.3 is 14.6 Å². The van der Waals surface area contributed by atoms with Gasteiger partial charge in [-0.25, -0.2) is 5.43 Å². The quantitative estimate of drug-likeness (QED) is 0.451. The number of nitrogens with one attached hydrogen (secondary N) is 1. The van der Waals surface area contributed by atoms with Crippen molar-refractivity contribution >= 4 is 50.4 Å². The van der Waals surface area contributed by atoms with E-state index >= 15 is 0 Å². The number of phenolic OH excluding ortho intramolecular Hbond substituents is 1. The maximum Gasteiger partial charge on any atom is 0.284 e. The fraction of sp³-hybridized carbons (Fsp3) is 0.100. The third-order valence-electron chi connectivity index (χ3n) is 4.20. The number of hydrazone groups is 1. The van der Waals surface area contributed by atoms with E-state index in [1.54, 1.807) is 6.07 Å². The van der Waals surface area contributed by atoms with Crippen LogP contribution < -0.4 is 14.9 Å². The molecule has 3 aromatic rings. The number of benzene rings is 3. The van der Waals surface area contributed by atoms with E-state index in [2.05, 4.69) is 26.5 Å². The van der Waals surface area contributed by atoms with Crippen LogP contribution in [0.2, 0.25) is 5.02 Å². The molecule has 0 aliphatic carbocycles. The molecule has 0 aromatic heterocycles. The van der Waals surface area contributed by atoms with Crippen LogP contribution >= 0.6 is 27.5 Å². The van der Waals surface area contributed by atoms with E-state index in [0.717, 1.165) is 10.8 Å². The van der Waals surface area contributed by atoms with E-state index < -0.39 is 12.0 Å². The van der Waals surface area contributed by atoms with Crippen molar-refractivity contribution in [1.82, 2.24) is 5.43 Å². The number of amides is 1. The van der Waals surface area contributed by atoms with Crippen molar-refractivity contribution in [2.45, 2.75) is 6.10 Å². The van der Waals surface area contributed by atoms with E-state index in [1.807, 2.05) is 36.4 Å². The monoisotopic (exact) mass is 460 g/mol. The summed E-state index contributed by atoms with van der Waals surface area (Å²) >= 11 is 9.14. The third kappa shape index (κ3) is 3.76. The Labute approximate surface area is 173 Å². The Bertz CT molecular complexity index is 1100. The van der Waals surface area contributed by atoms with Crippen molar-refractivity contribution in [3.63, 3.8) is 0 Å². The zero-order valence-electron chi connectivity index (χ0n) is 14.4. The van der Waals surface area contributed by atoms with Gasteiger partial charge in [0, 0.05) is 10.6 Å². The molecule has 142 valence electrons. The summed E-state index contributed by atoms with van der Waals surface area (Å²) in [5.74, 6) is 0.613. The molecule has 1 aliphatic heterocycles. The molecule has 0 saturated carbocycles. The van der Waals surface area contributed by atoms with Crippen molar-refractivity contribution in [1.29, 1.82) is 0 Å². The van der Waals surface area contributed by atoms with E-state index in [4.69, 9.17) is 21.1 Å². The smallest absolute Gasteiger partial charge is 0.284 e. The van der Waals surface area contributed by atoms with Crippen LogP contribution in [0.3, 0.4) is 0 Å². The summed E-state index contributed by atoms with van der Waals surface area (Å²) in [4.78, 5) is 12.4. The minimum Gasteiger partial charge on any atom is -0.506 e. The first-order valence-corrected chi connectivity index (χ1v) is 9.51. The van der Waals surface area contributed by atoms with Crippen molar-refractivity contribution in [3.8, 4) is 17.2 Å². The zero-order chi connectivity index (χ0) is 19.7. The highest BCUT2D eigenvalue weighted by molar-refractivity contribution is 9.10. The fourth-order valence-electron chi connectivity index (χ4n) is 2.81. The molecule has 0 bridgehead atoms. The molecule has 0 saturated heterocycles. The van der Waals surface area contributed by atoms with Crippen LogP contribution in [0.1, 0.15) is 5.56 Å². The molecular formula is C20H14BrClN2O4. The summed E-state index contributed by atoms with van der Waals surface area (Å²) in [6.07, 6.45) is 0.458. The molecule has 4 rings (SSSR count). The van der Waals surface area contributed by atoms with Gasteiger partial charge in [-0.15, -0.1) is 0 Å². The number of nitrogens with zero attached hydrogens (tertiary/aromatic N) is 1. The summed E-state index contributed by atoms with van der Waals surface area (Å²) < 4.78 is 11.9. The Morgan fingerprint density at radius 2 is 1.93 bits per heavy atom. The lowest BCUT2D eigenvalue weighted by molar-refractivity contribution is -0.130. The minimum atomic E-state index is -0.842. The molecule has 8 heteroatoms. The number of aromatic hydroxyl groups is 1. The van der Waals surface area contributed by atoms with Gasteiger partial charge in [-0.05, 0) is 51.0 Å². The van der Waals surface area contributed by atoms with Crippen molar-refractivity contribution in [3.05, 3.63) is 63.6 Å². The van der Waals surface area contributed by atoms with Gasteiger partial charge in [-0.3, -0.25) is 4.79 Å². The van der Waals surface area contributed by atoms with E-state index in [9.17, 15) is 9.90 Å². The lowest BCUT2D eigenvalue weighted by Gasteiger charge is -2.25. The summed E-state index contributed by atoms with van der Waals surface area (Å²) in [7, 11) is 0. The first-order chi connectivity index (χ1) is 13.5. The Kier molecular flexibility index (Phi) is 5.11. The molecule has 0 radical (unpaired) electrons. The molecule has 1 aliphatic rings. The third-order valence-corrected chi connectivity index (χ3v) is 5.02. The Balaban J connectivity index is 1.46. The molecule has 1 amide bonds. The molecule has 28 heavy (non-hydrogen) atoms. The van der Waals surface area contributed by atoms with Crippen LogP contribution in [0.5, 0.6) is 17.2 Å². The first-order valence-electron chi connectivity index (χ1n) is 8.34. The van der Waals surface area contributed by atoms with Gasteiger partial charge in [-0.1, -0.05) is 35.9 Å². The summed E-state index contributed by atoms with van der Waals surface area (Å²) in [5.41, 5.74) is 2.75. The van der Waals surface area contributed by atoms with Crippen LogP contribution in [0.4, 0.5) is 0 Å². The Morgan fingerprint density at radius 3 is 2.68 bits per heavy atom. The number of rotatable bonds is 3. The number of phenols is 1. The van der Waals surface area contributed by atoms with Gasteiger partial charge in [0.2, 0.25) is 6.10 Å². The van der Waals surface area contributed by atoms with Crippen molar-refractivity contribution < 1.29 is 19.4 Å². The highest BCUT2D eigenvalue weighted by Crippen LogP contribution is 2.36. The lowest BCUT2D eigenvalue weighted by atomic mass is 10.1. The number of ether oxygens (including phenoxy) is 2. The van der Waals surface area contributed by atoms with Crippen LogP contribution in [-0.2, 0) is 4.79 Å². The molecule has 2 N–H and O–H groups in total. The van der Waals surface area contributed by atoms with Crippen molar-refractivity contribution in [2.24, 2.45) is 5.10 Å². The lowest BCUT2D eigenvalue weighted by Crippen LogP contribution is -2.42. The van der Waals surface area contributed by atoms with Crippen molar-refractivity contribution in [2.75, 3.05) is 6.61 Å². The Hall–Kier alpha value is -2.77. The molecule has 0 fully saturated rings. The topological polar surface area (TPSA) is 80.2 Å². The minimum absolute atomic E-state index is 0.0274. The largest absolute Gasteiger partial charge is 0.506 e. The summed E-state index contributed by atoms with van der Waals surface area (Å²) in [6.45, 7) is 0.0701. The standard InChI is InChI=1S/C20H14BrClN2O4/c21-15-8-14(22)5-13(19(15)25)9-23-24-20(26)18-10-27-16-6-11-3-1-2-4-12(11)7-17(16)28-18/h1-9,18,25H,10H2,(H,24,26)/b23-9-. The number of hydrogen-bond acceptors (Lipinski definition) is 5. The molecule has 1 unspecified atom stereocenters. The van der Waals surface area contributed by atoms with Gasteiger partial charge in [0.1, 0.15) is 12.4 Å². The first kappa shape index (κ1) is 18.6. The number of carbonyl (C=O) groups excluding carboxylic acids is 1. The molecule has 3 aromatic carbocycles. The Morgan fingerprint density at radius 1 is 1.21 bits per heavy atom. The predicted molar refractivity (Wildman–Crippen MR) is 110 cm³/mol. The highest BCUT2D eigenvalue weighted by atomic mass is 79.9. The van der Waals surface area contributed by atoms with Gasteiger partial charge in [-0.2, -0.15) is 5.10 Å². The number of halogens is 2. The second-order valence-corrected chi connectivity index (χ2v) is 7.41. The van der Waals surface area contributed by atoms with E-state index in [1.165, 1.54) is 12.3 Å². The molecular weight excluding hydrogens is 448 g/mol. The average Bonchev–Trinajstić information content (AvgIpc) is 2.69. The normalized spacial score (nSPS) is 15.7. The molecule has 0 spiro atoms. The van der Waals surface area contributed by atoms with Crippen LogP contribution in [-0.4, -0.2) is 29.9 Å². The molecule has 1 atom stereocenters. The number of hydrogen-bond donors (Lipinski definition) is 2. The van der Waals surface area contributed by atoms with Gasteiger partial charge >= 0.3 is 0 Å². The second-order valence-electron chi connectivity index (χ2n) is 6.12. The number of fused-ring (bicyclic) bond motifs is 2. The van der Waals surface area contributed by atoms with Crippen LogP contribution in [0.25, 0.3) is 10.8 Å². The highest BCUT2D eigenvalue weighted by Gasteiger charge is 2.27. The van der Waals surface area contributed by atoms with Gasteiger partial charge in [0.25, 0.3) is 5.91 Å².